The second-order valence-electron chi connectivity index (χ2n) is 3.13. The third kappa shape index (κ3) is 1.68. The van der Waals surface area contributed by atoms with Crippen LogP contribution in [0, 0.1) is 5.41 Å². The van der Waals surface area contributed by atoms with Gasteiger partial charge in [-0.3, -0.25) is 4.79 Å². The van der Waals surface area contributed by atoms with E-state index in [2.05, 4.69) is 12.6 Å². The van der Waals surface area contributed by atoms with Crippen LogP contribution in [0.15, 0.2) is 0 Å². The molecule has 0 amide bonds. The fraction of sp³-hybridized carbons (Fsp3) is 0.833. The van der Waals surface area contributed by atoms with Crippen molar-refractivity contribution < 1.29 is 13.6 Å². The van der Waals surface area contributed by atoms with Crippen molar-refractivity contribution in [2.45, 2.75) is 26.7 Å². The Hall–Kier alpha value is -0.120. The monoisotopic (exact) mass is 168 g/mol. The van der Waals surface area contributed by atoms with E-state index in [4.69, 9.17) is 0 Å². The van der Waals surface area contributed by atoms with Gasteiger partial charge in [0.05, 0.1) is 0 Å². The first-order valence-electron chi connectivity index (χ1n) is 2.81. The third-order valence-corrected chi connectivity index (χ3v) is 1.49. The first-order valence-corrected chi connectivity index (χ1v) is 3.25. The number of hydrogen-bond donors (Lipinski definition) is 1. The van der Waals surface area contributed by atoms with Crippen molar-refractivity contribution in [1.82, 2.24) is 0 Å². The normalized spacial score (nSPS) is 13.4. The Morgan fingerprint density at radius 1 is 1.30 bits per heavy atom. The summed E-state index contributed by atoms with van der Waals surface area (Å²) in [5, 5.41) is -1.37. The molecule has 0 aromatic rings. The number of carbonyl (C=O) groups excluding carboxylic acids is 1. The highest BCUT2D eigenvalue weighted by molar-refractivity contribution is 7.96. The van der Waals surface area contributed by atoms with Gasteiger partial charge < -0.3 is 0 Å². The van der Waals surface area contributed by atoms with Crippen LogP contribution in [0.2, 0.25) is 0 Å². The lowest BCUT2D eigenvalue weighted by atomic mass is 9.89. The summed E-state index contributed by atoms with van der Waals surface area (Å²) in [7, 11) is 0. The van der Waals surface area contributed by atoms with Crippen molar-refractivity contribution in [2.75, 3.05) is 0 Å². The van der Waals surface area contributed by atoms with E-state index in [0.29, 0.717) is 0 Å². The molecule has 0 unspecified atom stereocenters. The number of carbonyl (C=O) groups is 1. The van der Waals surface area contributed by atoms with Crippen LogP contribution >= 0.6 is 12.6 Å². The first kappa shape index (κ1) is 9.88. The van der Waals surface area contributed by atoms with E-state index in [9.17, 15) is 13.6 Å². The number of thiol groups is 1. The maximum absolute atomic E-state index is 12.6. The molecule has 0 N–H and O–H groups in total. The van der Waals surface area contributed by atoms with Crippen LogP contribution in [0.3, 0.4) is 0 Å². The van der Waals surface area contributed by atoms with Crippen molar-refractivity contribution in [1.29, 1.82) is 0 Å². The fourth-order valence-corrected chi connectivity index (χ4v) is 0.656. The van der Waals surface area contributed by atoms with E-state index in [1.54, 1.807) is 0 Å². The van der Waals surface area contributed by atoms with E-state index in [1.165, 1.54) is 20.8 Å². The van der Waals surface area contributed by atoms with E-state index in [1.807, 2.05) is 0 Å². The van der Waals surface area contributed by atoms with Gasteiger partial charge in [-0.25, -0.2) is 0 Å². The molecule has 0 atom stereocenters. The summed E-state index contributed by atoms with van der Waals surface area (Å²) in [4.78, 5) is 10.2. The lowest BCUT2D eigenvalue weighted by Crippen LogP contribution is -2.39. The molecule has 60 valence electrons. The van der Waals surface area contributed by atoms with E-state index < -0.39 is 16.5 Å². The smallest absolute Gasteiger partial charge is 0.281 e. The van der Waals surface area contributed by atoms with Gasteiger partial charge in [0.25, 0.3) is 5.12 Å². The molecule has 0 heterocycles. The van der Waals surface area contributed by atoms with Gasteiger partial charge in [0.2, 0.25) is 0 Å². The zero-order chi connectivity index (χ0) is 8.58. The molecule has 0 aliphatic heterocycles. The predicted molar refractivity (Wildman–Crippen MR) is 38.4 cm³/mol. The Bertz CT molecular complexity index is 148. The Morgan fingerprint density at radius 3 is 1.60 bits per heavy atom. The summed E-state index contributed by atoms with van der Waals surface area (Å²) in [6, 6.07) is 0. The first-order chi connectivity index (χ1) is 4.19. The summed E-state index contributed by atoms with van der Waals surface area (Å²) < 4.78 is 25.3. The average molecular weight is 168 g/mol. The third-order valence-electron chi connectivity index (χ3n) is 1.21. The lowest BCUT2D eigenvalue weighted by molar-refractivity contribution is -0.149. The number of rotatable bonds is 1. The summed E-state index contributed by atoms with van der Waals surface area (Å²) in [6.45, 7) is 3.88. The lowest BCUT2D eigenvalue weighted by Gasteiger charge is -2.26. The van der Waals surface area contributed by atoms with Crippen molar-refractivity contribution in [3.8, 4) is 0 Å². The second kappa shape index (κ2) is 2.49. The predicted octanol–water partition coefficient (Wildman–Crippen LogP) is 2.12. The van der Waals surface area contributed by atoms with Gasteiger partial charge >= 0.3 is 5.92 Å². The van der Waals surface area contributed by atoms with Gasteiger partial charge in [-0.15, -0.1) is 0 Å². The minimum absolute atomic E-state index is 1.29. The SMILES string of the molecule is CC(C)(C)C(F)(F)C(=O)S. The number of halogens is 2. The standard InChI is InChI=1S/C6H10F2OS/c1-5(2,3)6(7,8)4(9)10/h1-3H3,(H,9,10). The highest BCUT2D eigenvalue weighted by atomic mass is 32.1. The summed E-state index contributed by atoms with van der Waals surface area (Å²) in [5.74, 6) is -3.34. The molecule has 0 saturated heterocycles. The van der Waals surface area contributed by atoms with Gasteiger partial charge in [-0.05, 0) is 0 Å². The molecule has 0 aliphatic rings. The highest BCUT2D eigenvalue weighted by Crippen LogP contribution is 2.36. The van der Waals surface area contributed by atoms with Crippen molar-refractivity contribution >= 4 is 17.7 Å². The Labute approximate surface area is 64.2 Å². The Balaban J connectivity index is 4.57. The molecule has 0 spiro atoms. The van der Waals surface area contributed by atoms with E-state index >= 15 is 0 Å². The summed E-state index contributed by atoms with van der Waals surface area (Å²) in [6.07, 6.45) is 0. The minimum Gasteiger partial charge on any atom is -0.281 e. The molecule has 0 rings (SSSR count). The molecule has 4 heteroatoms. The molecule has 0 radical (unpaired) electrons. The van der Waals surface area contributed by atoms with E-state index in [-0.39, 0.29) is 0 Å². The van der Waals surface area contributed by atoms with Crippen LogP contribution in [0.4, 0.5) is 8.78 Å². The topological polar surface area (TPSA) is 17.1 Å². The Kier molecular flexibility index (Phi) is 2.46. The molecule has 0 saturated carbocycles. The van der Waals surface area contributed by atoms with Crippen LogP contribution < -0.4 is 0 Å². The maximum atomic E-state index is 12.6. The summed E-state index contributed by atoms with van der Waals surface area (Å²) >= 11 is 3.08. The van der Waals surface area contributed by atoms with Gasteiger partial charge in [-0.2, -0.15) is 8.78 Å². The van der Waals surface area contributed by atoms with Crippen LogP contribution in [0.5, 0.6) is 0 Å². The van der Waals surface area contributed by atoms with Crippen molar-refractivity contribution in [2.24, 2.45) is 5.41 Å². The van der Waals surface area contributed by atoms with Crippen molar-refractivity contribution in [3.63, 3.8) is 0 Å². The largest absolute Gasteiger partial charge is 0.319 e. The molecule has 0 aromatic carbocycles. The maximum Gasteiger partial charge on any atom is 0.319 e. The average Bonchev–Trinajstić information content (AvgIpc) is 1.62. The molecule has 1 nitrogen and oxygen atoms in total. The van der Waals surface area contributed by atoms with Gasteiger partial charge in [0.1, 0.15) is 0 Å². The number of hydrogen-bond acceptors (Lipinski definition) is 1. The quantitative estimate of drug-likeness (QED) is 0.593. The fourth-order valence-electron chi connectivity index (χ4n) is 0.321. The van der Waals surface area contributed by atoms with Crippen LogP contribution in [-0.2, 0) is 4.79 Å². The molecule has 0 aliphatic carbocycles. The van der Waals surface area contributed by atoms with Gasteiger partial charge in [0.15, 0.2) is 0 Å². The second-order valence-corrected chi connectivity index (χ2v) is 3.54. The molecular weight excluding hydrogens is 158 g/mol. The van der Waals surface area contributed by atoms with E-state index in [0.717, 1.165) is 0 Å². The molecular formula is C6H10F2OS. The van der Waals surface area contributed by atoms with Crippen LogP contribution in [-0.4, -0.2) is 11.0 Å². The molecule has 10 heavy (non-hydrogen) atoms. The van der Waals surface area contributed by atoms with Gasteiger partial charge in [-0.1, -0.05) is 33.4 Å². The van der Waals surface area contributed by atoms with Gasteiger partial charge in [0, 0.05) is 5.41 Å². The number of alkyl halides is 2. The van der Waals surface area contributed by atoms with Crippen LogP contribution in [0.25, 0.3) is 0 Å². The zero-order valence-electron chi connectivity index (χ0n) is 6.11. The zero-order valence-corrected chi connectivity index (χ0v) is 7.01. The highest BCUT2D eigenvalue weighted by Gasteiger charge is 2.48. The van der Waals surface area contributed by atoms with Crippen molar-refractivity contribution in [3.05, 3.63) is 0 Å². The minimum atomic E-state index is -3.34. The Morgan fingerprint density at radius 2 is 1.60 bits per heavy atom. The summed E-state index contributed by atoms with van der Waals surface area (Å²) in [5.41, 5.74) is -1.34. The molecule has 0 bridgehead atoms. The molecule has 0 fully saturated rings. The van der Waals surface area contributed by atoms with Crippen LogP contribution in [0.1, 0.15) is 20.8 Å². The molecule has 0 aromatic heterocycles.